The van der Waals surface area contributed by atoms with Gasteiger partial charge in [0.2, 0.25) is 0 Å². The van der Waals surface area contributed by atoms with Gasteiger partial charge >= 0.3 is 0 Å². The second kappa shape index (κ2) is 29.7. The minimum Gasteiger partial charge on any atom is -0.349 e. The van der Waals surface area contributed by atoms with Crippen molar-refractivity contribution in [1.82, 2.24) is 10.2 Å². The van der Waals surface area contributed by atoms with Crippen molar-refractivity contribution in [1.29, 1.82) is 0 Å². The minimum absolute atomic E-state index is 0.0283. The van der Waals surface area contributed by atoms with Crippen molar-refractivity contribution in [2.75, 3.05) is 20.6 Å². The largest absolute Gasteiger partial charge is 0.349 e. The summed E-state index contributed by atoms with van der Waals surface area (Å²) in [6.45, 7) is 26.7. The number of unbranched alkanes of at least 4 members (excludes halogenated alkanes) is 2. The van der Waals surface area contributed by atoms with E-state index in [4.69, 9.17) is 0 Å². The third kappa shape index (κ3) is 35.2. The van der Waals surface area contributed by atoms with Crippen molar-refractivity contribution in [3.63, 3.8) is 0 Å². The van der Waals surface area contributed by atoms with Gasteiger partial charge in [-0.15, -0.1) is 0 Å². The van der Waals surface area contributed by atoms with Crippen molar-refractivity contribution < 1.29 is 4.79 Å². The van der Waals surface area contributed by atoms with Crippen molar-refractivity contribution in [3.05, 3.63) is 35.4 Å². The Morgan fingerprint density at radius 2 is 1.26 bits per heavy atom. The number of nitrogens with zero attached hydrogens (tertiary/aromatic N) is 1. The van der Waals surface area contributed by atoms with Crippen molar-refractivity contribution in [3.8, 4) is 0 Å². The van der Waals surface area contributed by atoms with Crippen molar-refractivity contribution >= 4 is 5.91 Å². The summed E-state index contributed by atoms with van der Waals surface area (Å²) in [5.41, 5.74) is 1.91. The van der Waals surface area contributed by atoms with Crippen LogP contribution in [0.25, 0.3) is 0 Å². The summed E-state index contributed by atoms with van der Waals surface area (Å²) >= 11 is 0. The third-order valence-electron chi connectivity index (χ3n) is 4.59. The van der Waals surface area contributed by atoms with E-state index in [1.165, 1.54) is 31.2 Å². The molecule has 1 amide bonds. The lowest BCUT2D eigenvalue weighted by Gasteiger charge is -2.19. The number of hydrogen-bond donors (Lipinski definition) is 1. The van der Waals surface area contributed by atoms with Gasteiger partial charge in [-0.3, -0.25) is 4.79 Å². The maximum Gasteiger partial charge on any atom is 0.251 e. The fourth-order valence-electron chi connectivity index (χ4n) is 2.12. The highest BCUT2D eigenvalue weighted by Gasteiger charge is 2.12. The molecule has 1 unspecified atom stereocenters. The molecular formula is C31H64N2O. The van der Waals surface area contributed by atoms with Crippen LogP contribution in [0.4, 0.5) is 0 Å². The zero-order valence-corrected chi connectivity index (χ0v) is 25.8. The van der Waals surface area contributed by atoms with Crippen molar-refractivity contribution in [2.24, 2.45) is 11.8 Å². The van der Waals surface area contributed by atoms with Gasteiger partial charge in [-0.05, 0) is 64.4 Å². The van der Waals surface area contributed by atoms with Gasteiger partial charge < -0.3 is 10.2 Å². The predicted molar refractivity (Wildman–Crippen MR) is 158 cm³/mol. The van der Waals surface area contributed by atoms with Crippen LogP contribution in [0.5, 0.6) is 0 Å². The first-order chi connectivity index (χ1) is 15.9. The first-order valence-corrected chi connectivity index (χ1v) is 14.0. The number of carbonyl (C=O) groups excluding carboxylic acids is 1. The molecule has 0 aliphatic carbocycles. The zero-order chi connectivity index (χ0) is 27.5. The summed E-state index contributed by atoms with van der Waals surface area (Å²) in [6, 6.07) is 7.94. The topological polar surface area (TPSA) is 32.3 Å². The lowest BCUT2D eigenvalue weighted by atomic mass is 10.1. The molecule has 0 radical (unpaired) electrons. The van der Waals surface area contributed by atoms with E-state index >= 15 is 0 Å². The molecule has 0 saturated carbocycles. The lowest BCUT2D eigenvalue weighted by molar-refractivity contribution is 0.0932. The standard InChI is InChI=1S/C15H24N2O.2C5H12.C4H10.C2H6/c1-5-14(10-11-17(3)4)16-15(18)13-8-6-12(2)7-9-13;1-4-5(2)3;1-3-5-4-2;1-4(2)3;1-2/h6-9,14H,5,10-11H2,1-4H3,(H,16,18);5H,4H2,1-3H3;3-5H2,1-2H3;4H,1-3H3;1-2H3. The molecule has 204 valence electrons. The van der Waals surface area contributed by atoms with E-state index in [2.05, 4.69) is 86.6 Å². The molecule has 3 nitrogen and oxygen atoms in total. The molecule has 34 heavy (non-hydrogen) atoms. The van der Waals surface area contributed by atoms with Gasteiger partial charge in [0, 0.05) is 11.6 Å². The van der Waals surface area contributed by atoms with E-state index in [0.29, 0.717) is 0 Å². The maximum absolute atomic E-state index is 12.0. The summed E-state index contributed by atoms with van der Waals surface area (Å²) in [5.74, 6) is 1.75. The number of benzene rings is 1. The van der Waals surface area contributed by atoms with Crippen LogP contribution in [0.15, 0.2) is 24.3 Å². The smallest absolute Gasteiger partial charge is 0.251 e. The highest BCUT2D eigenvalue weighted by Crippen LogP contribution is 2.05. The van der Waals surface area contributed by atoms with Gasteiger partial charge in [0.05, 0.1) is 0 Å². The Labute approximate surface area is 216 Å². The molecular weight excluding hydrogens is 416 g/mol. The van der Waals surface area contributed by atoms with Gasteiger partial charge in [0.25, 0.3) is 5.91 Å². The van der Waals surface area contributed by atoms with Gasteiger partial charge in [-0.25, -0.2) is 0 Å². The Morgan fingerprint density at radius 3 is 1.53 bits per heavy atom. The van der Waals surface area contributed by atoms with Crippen LogP contribution in [-0.4, -0.2) is 37.5 Å². The highest BCUT2D eigenvalue weighted by atomic mass is 16.1. The molecule has 1 aromatic carbocycles. The average molecular weight is 481 g/mol. The summed E-state index contributed by atoms with van der Waals surface area (Å²) in [5, 5.41) is 3.09. The maximum atomic E-state index is 12.0. The molecule has 1 aromatic rings. The summed E-state index contributed by atoms with van der Waals surface area (Å²) in [4.78, 5) is 14.2. The molecule has 0 aliphatic heterocycles. The molecule has 3 heteroatoms. The molecule has 1 atom stereocenters. The van der Waals surface area contributed by atoms with Gasteiger partial charge in [-0.2, -0.15) is 0 Å². The Kier molecular flexibility index (Phi) is 34.8. The van der Waals surface area contributed by atoms with E-state index in [0.717, 1.165) is 36.8 Å². The first kappa shape index (κ1) is 39.8. The van der Waals surface area contributed by atoms with Gasteiger partial charge in [-0.1, -0.05) is 120 Å². The molecule has 0 heterocycles. The van der Waals surface area contributed by atoms with E-state index in [1.54, 1.807) is 0 Å². The first-order valence-electron chi connectivity index (χ1n) is 14.0. The molecule has 0 saturated heterocycles. The Bertz CT molecular complexity index is 502. The minimum atomic E-state index is 0.0283. The Hall–Kier alpha value is -1.35. The molecule has 0 spiro atoms. The fraction of sp³-hybridized carbons (Fsp3) is 0.774. The van der Waals surface area contributed by atoms with E-state index in [1.807, 2.05) is 45.0 Å². The quantitative estimate of drug-likeness (QED) is 0.381. The third-order valence-corrected chi connectivity index (χ3v) is 4.59. The van der Waals surface area contributed by atoms with Crippen LogP contribution in [0.2, 0.25) is 0 Å². The van der Waals surface area contributed by atoms with E-state index in [9.17, 15) is 4.79 Å². The van der Waals surface area contributed by atoms with Crippen molar-refractivity contribution in [2.45, 2.75) is 128 Å². The average Bonchev–Trinajstić information content (AvgIpc) is 2.79. The van der Waals surface area contributed by atoms with Gasteiger partial charge in [0.1, 0.15) is 0 Å². The molecule has 0 bridgehead atoms. The van der Waals surface area contributed by atoms with E-state index in [-0.39, 0.29) is 11.9 Å². The second-order valence-corrected chi connectivity index (χ2v) is 9.92. The number of aryl methyl sites for hydroxylation is 1. The summed E-state index contributed by atoms with van der Waals surface area (Å²) < 4.78 is 0. The molecule has 1 N–H and O–H groups in total. The Morgan fingerprint density at radius 1 is 0.853 bits per heavy atom. The SMILES string of the molecule is CC.CC(C)C.CCC(C)C.CCC(CCN(C)C)NC(=O)c1ccc(C)cc1.CCCCC. The zero-order valence-electron chi connectivity index (χ0n) is 25.8. The van der Waals surface area contributed by atoms with Gasteiger partial charge in [0.15, 0.2) is 0 Å². The molecule has 0 aliphatic rings. The molecule has 0 aromatic heterocycles. The van der Waals surface area contributed by atoms with Crippen LogP contribution >= 0.6 is 0 Å². The van der Waals surface area contributed by atoms with E-state index < -0.39 is 0 Å². The summed E-state index contributed by atoms with van der Waals surface area (Å²) in [6.07, 6.45) is 7.33. The number of nitrogens with one attached hydrogen (secondary N) is 1. The normalized spacial score (nSPS) is 10.5. The second-order valence-electron chi connectivity index (χ2n) is 9.92. The van der Waals surface area contributed by atoms with Crippen LogP contribution < -0.4 is 5.32 Å². The van der Waals surface area contributed by atoms with Crippen LogP contribution in [0.3, 0.4) is 0 Å². The fourth-order valence-corrected chi connectivity index (χ4v) is 2.12. The van der Waals surface area contributed by atoms with Crippen LogP contribution in [0, 0.1) is 18.8 Å². The number of amides is 1. The summed E-state index contributed by atoms with van der Waals surface area (Å²) in [7, 11) is 4.10. The number of rotatable bonds is 9. The molecule has 1 rings (SSSR count). The lowest BCUT2D eigenvalue weighted by Crippen LogP contribution is -2.36. The van der Waals surface area contributed by atoms with Crippen LogP contribution in [-0.2, 0) is 0 Å². The predicted octanol–water partition coefficient (Wildman–Crippen LogP) is 9.39. The monoisotopic (exact) mass is 481 g/mol. The number of hydrogen-bond acceptors (Lipinski definition) is 2. The Balaban J connectivity index is -0.000000230. The highest BCUT2D eigenvalue weighted by molar-refractivity contribution is 5.94. The molecule has 0 fully saturated rings. The number of carbonyl (C=O) groups is 1. The van der Waals surface area contributed by atoms with Crippen LogP contribution in [0.1, 0.15) is 131 Å².